The summed E-state index contributed by atoms with van der Waals surface area (Å²) in [6, 6.07) is 1.78. The Kier molecular flexibility index (Phi) is 2.02. The van der Waals surface area contributed by atoms with E-state index in [1.165, 1.54) is 0 Å². The first-order valence-electron chi connectivity index (χ1n) is 3.73. The second-order valence-corrected chi connectivity index (χ2v) is 3.48. The molecule has 0 fully saturated rings. The van der Waals surface area contributed by atoms with Crippen molar-refractivity contribution in [2.24, 2.45) is 0 Å². The summed E-state index contributed by atoms with van der Waals surface area (Å²) < 4.78 is 6.22. The first kappa shape index (κ1) is 8.01. The number of pyridine rings is 1. The maximum atomic E-state index is 8.87. The summed E-state index contributed by atoms with van der Waals surface area (Å²) in [5, 5.41) is 8.87. The van der Waals surface area contributed by atoms with Gasteiger partial charge < -0.3 is 9.84 Å². The van der Waals surface area contributed by atoms with E-state index in [-0.39, 0.29) is 6.61 Å². The Hall–Kier alpha value is -0.610. The summed E-state index contributed by atoms with van der Waals surface area (Å²) in [5.41, 5.74) is 1.62. The quantitative estimate of drug-likeness (QED) is 0.789. The normalized spacial score (nSPS) is 14.2. The minimum Gasteiger partial charge on any atom is -0.490 e. The zero-order chi connectivity index (χ0) is 8.55. The molecule has 0 unspecified atom stereocenters. The summed E-state index contributed by atoms with van der Waals surface area (Å²) in [7, 11) is 0. The molecule has 0 radical (unpaired) electrons. The zero-order valence-electron chi connectivity index (χ0n) is 6.38. The SMILES string of the molecule is OCc1cc(Br)c2c(n1)CCO2. The summed E-state index contributed by atoms with van der Waals surface area (Å²) in [6.07, 6.45) is 0.835. The third kappa shape index (κ3) is 1.21. The third-order valence-electron chi connectivity index (χ3n) is 1.80. The van der Waals surface area contributed by atoms with Crippen LogP contribution in [-0.4, -0.2) is 16.7 Å². The van der Waals surface area contributed by atoms with Crippen molar-refractivity contribution in [2.45, 2.75) is 13.0 Å². The molecule has 0 aliphatic carbocycles. The predicted molar refractivity (Wildman–Crippen MR) is 47.1 cm³/mol. The van der Waals surface area contributed by atoms with Gasteiger partial charge in [-0.05, 0) is 22.0 Å². The molecule has 1 N–H and O–H groups in total. The van der Waals surface area contributed by atoms with Crippen LogP contribution < -0.4 is 4.74 Å². The van der Waals surface area contributed by atoms with Crippen molar-refractivity contribution in [3.05, 3.63) is 21.9 Å². The van der Waals surface area contributed by atoms with Crippen molar-refractivity contribution in [1.82, 2.24) is 4.98 Å². The minimum atomic E-state index is -0.0219. The smallest absolute Gasteiger partial charge is 0.155 e. The first-order valence-corrected chi connectivity index (χ1v) is 4.52. The van der Waals surface area contributed by atoms with E-state index in [1.807, 2.05) is 0 Å². The molecule has 0 amide bonds. The van der Waals surface area contributed by atoms with Crippen molar-refractivity contribution in [3.8, 4) is 5.75 Å². The van der Waals surface area contributed by atoms with Gasteiger partial charge in [0.05, 0.1) is 29.1 Å². The van der Waals surface area contributed by atoms with Gasteiger partial charge in [-0.1, -0.05) is 0 Å². The van der Waals surface area contributed by atoms with Crippen LogP contribution in [0.2, 0.25) is 0 Å². The molecule has 0 atom stereocenters. The number of aliphatic hydroxyl groups is 1. The number of aliphatic hydroxyl groups excluding tert-OH is 1. The van der Waals surface area contributed by atoms with Gasteiger partial charge in [0, 0.05) is 6.42 Å². The number of hydrogen-bond donors (Lipinski definition) is 1. The van der Waals surface area contributed by atoms with Crippen molar-refractivity contribution in [1.29, 1.82) is 0 Å². The van der Waals surface area contributed by atoms with E-state index in [1.54, 1.807) is 6.07 Å². The zero-order valence-corrected chi connectivity index (χ0v) is 7.97. The Balaban J connectivity index is 2.51. The Morgan fingerprint density at radius 2 is 2.50 bits per heavy atom. The lowest BCUT2D eigenvalue weighted by molar-refractivity contribution is 0.276. The van der Waals surface area contributed by atoms with E-state index >= 15 is 0 Å². The maximum Gasteiger partial charge on any atom is 0.155 e. The molecule has 12 heavy (non-hydrogen) atoms. The topological polar surface area (TPSA) is 42.4 Å². The van der Waals surface area contributed by atoms with Gasteiger partial charge in [-0.3, -0.25) is 4.98 Å². The summed E-state index contributed by atoms with van der Waals surface area (Å²) in [5.74, 6) is 0.826. The Bertz CT molecular complexity index is 314. The number of aromatic nitrogens is 1. The van der Waals surface area contributed by atoms with Crippen molar-refractivity contribution in [3.63, 3.8) is 0 Å². The largest absolute Gasteiger partial charge is 0.490 e. The van der Waals surface area contributed by atoms with Crippen LogP contribution in [-0.2, 0) is 13.0 Å². The fourth-order valence-corrected chi connectivity index (χ4v) is 1.87. The fraction of sp³-hybridized carbons (Fsp3) is 0.375. The molecule has 0 spiro atoms. The van der Waals surface area contributed by atoms with Crippen LogP contribution in [0, 0.1) is 0 Å². The van der Waals surface area contributed by atoms with Crippen LogP contribution in [0.25, 0.3) is 0 Å². The predicted octanol–water partition coefficient (Wildman–Crippen LogP) is 1.27. The van der Waals surface area contributed by atoms with Gasteiger partial charge in [-0.2, -0.15) is 0 Å². The molecule has 1 aliphatic rings. The van der Waals surface area contributed by atoms with Gasteiger partial charge in [0.1, 0.15) is 0 Å². The number of hydrogen-bond acceptors (Lipinski definition) is 3. The fourth-order valence-electron chi connectivity index (χ4n) is 1.26. The lowest BCUT2D eigenvalue weighted by Gasteiger charge is -2.03. The van der Waals surface area contributed by atoms with E-state index < -0.39 is 0 Å². The number of nitrogens with zero attached hydrogens (tertiary/aromatic N) is 1. The Labute approximate surface area is 78.5 Å². The Morgan fingerprint density at radius 1 is 1.67 bits per heavy atom. The summed E-state index contributed by atoms with van der Waals surface area (Å²) in [4.78, 5) is 4.23. The summed E-state index contributed by atoms with van der Waals surface area (Å²) >= 11 is 3.36. The molecule has 0 saturated carbocycles. The highest BCUT2D eigenvalue weighted by Gasteiger charge is 2.17. The lowest BCUT2D eigenvalue weighted by atomic mass is 10.2. The highest BCUT2D eigenvalue weighted by atomic mass is 79.9. The molecule has 3 nitrogen and oxygen atoms in total. The van der Waals surface area contributed by atoms with Crippen LogP contribution in [0.15, 0.2) is 10.5 Å². The van der Waals surface area contributed by atoms with Gasteiger partial charge in [-0.15, -0.1) is 0 Å². The molecule has 0 bridgehead atoms. The average Bonchev–Trinajstić information content (AvgIpc) is 2.52. The van der Waals surface area contributed by atoms with E-state index in [0.717, 1.165) is 22.3 Å². The molecule has 4 heteroatoms. The maximum absolute atomic E-state index is 8.87. The van der Waals surface area contributed by atoms with Gasteiger partial charge in [0.15, 0.2) is 5.75 Å². The van der Waals surface area contributed by atoms with Crippen molar-refractivity contribution < 1.29 is 9.84 Å². The highest BCUT2D eigenvalue weighted by molar-refractivity contribution is 9.10. The second-order valence-electron chi connectivity index (χ2n) is 2.63. The number of halogens is 1. The molecular weight excluding hydrogens is 222 g/mol. The van der Waals surface area contributed by atoms with E-state index in [4.69, 9.17) is 9.84 Å². The number of rotatable bonds is 1. The minimum absolute atomic E-state index is 0.0219. The van der Waals surface area contributed by atoms with Crippen molar-refractivity contribution in [2.75, 3.05) is 6.61 Å². The molecule has 0 saturated heterocycles. The monoisotopic (exact) mass is 229 g/mol. The number of ether oxygens (including phenoxy) is 1. The second kappa shape index (κ2) is 3.03. The van der Waals surface area contributed by atoms with Crippen LogP contribution >= 0.6 is 15.9 Å². The molecule has 2 rings (SSSR count). The van der Waals surface area contributed by atoms with E-state index in [9.17, 15) is 0 Å². The highest BCUT2D eigenvalue weighted by Crippen LogP contribution is 2.32. The molecular formula is C8H8BrNO2. The van der Waals surface area contributed by atoms with Gasteiger partial charge in [0.25, 0.3) is 0 Å². The van der Waals surface area contributed by atoms with Crippen LogP contribution in [0.4, 0.5) is 0 Å². The average molecular weight is 230 g/mol. The van der Waals surface area contributed by atoms with Crippen molar-refractivity contribution >= 4 is 15.9 Å². The van der Waals surface area contributed by atoms with Crippen LogP contribution in [0.5, 0.6) is 5.75 Å². The molecule has 0 aromatic carbocycles. The van der Waals surface area contributed by atoms with E-state index in [2.05, 4.69) is 20.9 Å². The van der Waals surface area contributed by atoms with Crippen LogP contribution in [0.1, 0.15) is 11.4 Å². The lowest BCUT2D eigenvalue weighted by Crippen LogP contribution is -1.93. The Morgan fingerprint density at radius 3 is 3.25 bits per heavy atom. The van der Waals surface area contributed by atoms with Gasteiger partial charge in [0.2, 0.25) is 0 Å². The van der Waals surface area contributed by atoms with E-state index in [0.29, 0.717) is 12.3 Å². The number of fused-ring (bicyclic) bond motifs is 1. The molecule has 1 aromatic heterocycles. The first-order chi connectivity index (χ1) is 5.81. The standard InChI is InChI=1S/C8H8BrNO2/c9-6-3-5(4-11)10-7-1-2-12-8(6)7/h3,11H,1-2,4H2. The molecule has 1 aliphatic heterocycles. The summed E-state index contributed by atoms with van der Waals surface area (Å²) in [6.45, 7) is 0.668. The third-order valence-corrected chi connectivity index (χ3v) is 2.39. The molecule has 2 heterocycles. The van der Waals surface area contributed by atoms with Gasteiger partial charge >= 0.3 is 0 Å². The molecule has 1 aromatic rings. The van der Waals surface area contributed by atoms with Crippen LogP contribution in [0.3, 0.4) is 0 Å². The van der Waals surface area contributed by atoms with Gasteiger partial charge in [-0.25, -0.2) is 0 Å². The molecule has 64 valence electrons.